The molecule has 1 heterocycles. The molecule has 10 heavy (non-hydrogen) atoms. The van der Waals surface area contributed by atoms with Gasteiger partial charge in [-0.1, -0.05) is 11.8 Å². The zero-order valence-electron chi connectivity index (χ0n) is 5.33. The number of aromatic nitrogens is 1. The number of pyridine rings is 1. The summed E-state index contributed by atoms with van der Waals surface area (Å²) in [7, 11) is 0. The van der Waals surface area contributed by atoms with Gasteiger partial charge in [0.15, 0.2) is 0 Å². The van der Waals surface area contributed by atoms with Crippen LogP contribution in [0.4, 0.5) is 0 Å². The minimum Gasteiger partial charge on any atom is -0.248 e. The minimum atomic E-state index is 0.579. The van der Waals surface area contributed by atoms with Gasteiger partial charge in [0.05, 0.1) is 0 Å². The number of nitrogens with zero attached hydrogens (tertiary/aromatic N) is 1. The van der Waals surface area contributed by atoms with E-state index < -0.39 is 0 Å². The van der Waals surface area contributed by atoms with E-state index >= 15 is 0 Å². The van der Waals surface area contributed by atoms with Gasteiger partial charge in [-0.3, -0.25) is 0 Å². The van der Waals surface area contributed by atoms with Crippen LogP contribution in [0.25, 0.3) is 0 Å². The first-order valence-electron chi connectivity index (χ1n) is 2.76. The van der Waals surface area contributed by atoms with Crippen molar-refractivity contribution < 1.29 is 0 Å². The van der Waals surface area contributed by atoms with Crippen LogP contribution in [-0.2, 0) is 0 Å². The number of hydrogen-bond acceptors (Lipinski definition) is 1. The summed E-state index contributed by atoms with van der Waals surface area (Å²) in [5.74, 6) is 4.86. The predicted octanol–water partition coefficient (Wildman–Crippen LogP) is 1.04. The Balaban J connectivity index is 3.17. The second-order valence-corrected chi connectivity index (χ2v) is 1.72. The second kappa shape index (κ2) is 2.71. The average Bonchev–Trinajstić information content (AvgIpc) is 2.05. The minimum absolute atomic E-state index is 0.579. The first-order chi connectivity index (χ1) is 4.86. The van der Waals surface area contributed by atoms with E-state index in [1.807, 2.05) is 0 Å². The highest BCUT2D eigenvalue weighted by Gasteiger charge is 1.87. The molecule has 0 saturated carbocycles. The number of rotatable bonds is 0. The quantitative estimate of drug-likeness (QED) is 0.474. The molecule has 0 amide bonds. The van der Waals surface area contributed by atoms with E-state index in [0.29, 0.717) is 5.69 Å². The van der Waals surface area contributed by atoms with E-state index in [0.717, 1.165) is 5.56 Å². The maximum Gasteiger partial charge on any atom is 0.114 e. The van der Waals surface area contributed by atoms with E-state index in [1.165, 1.54) is 0 Å². The predicted molar refractivity (Wildman–Crippen MR) is 40.1 cm³/mol. The lowest BCUT2D eigenvalue weighted by atomic mass is 10.2. The third-order valence-corrected chi connectivity index (χ3v) is 1.07. The fourth-order valence-electron chi connectivity index (χ4n) is 0.599. The van der Waals surface area contributed by atoms with Gasteiger partial charge in [0, 0.05) is 11.8 Å². The Kier molecular flexibility index (Phi) is 1.73. The summed E-state index contributed by atoms with van der Waals surface area (Å²) in [4.78, 5) is 3.87. The Bertz CT molecular complexity index is 283. The van der Waals surface area contributed by atoms with Crippen LogP contribution in [0.2, 0.25) is 0 Å². The topological polar surface area (TPSA) is 12.9 Å². The normalized spacial score (nSPS) is 7.80. The van der Waals surface area contributed by atoms with Gasteiger partial charge in [0.25, 0.3) is 0 Å². The van der Waals surface area contributed by atoms with Crippen LogP contribution >= 0.6 is 0 Å². The van der Waals surface area contributed by atoms with Gasteiger partial charge in [-0.2, -0.15) is 0 Å². The molecule has 0 N–H and O–H groups in total. The fourth-order valence-corrected chi connectivity index (χ4v) is 0.599. The SMILES string of the molecule is C#Cc1ccnc(C#C)c1. The molecule has 0 aromatic carbocycles. The molecule has 0 unspecified atom stereocenters. The van der Waals surface area contributed by atoms with Crippen molar-refractivity contribution in [2.75, 3.05) is 0 Å². The largest absolute Gasteiger partial charge is 0.248 e. The standard InChI is InChI=1S/C9H5N/c1-3-8-5-6-10-9(4-2)7-8/h1-2,5-7H. The van der Waals surface area contributed by atoms with Crippen LogP contribution in [0, 0.1) is 24.7 Å². The third kappa shape index (κ3) is 1.16. The Morgan fingerprint density at radius 2 is 2.10 bits per heavy atom. The molecule has 0 saturated heterocycles. The van der Waals surface area contributed by atoms with Crippen LogP contribution in [0.5, 0.6) is 0 Å². The molecule has 0 aliphatic carbocycles. The lowest BCUT2D eigenvalue weighted by Crippen LogP contribution is -1.81. The summed E-state index contributed by atoms with van der Waals surface area (Å²) in [6.07, 6.45) is 11.8. The monoisotopic (exact) mass is 127 g/mol. The van der Waals surface area contributed by atoms with Crippen LogP contribution < -0.4 is 0 Å². The van der Waals surface area contributed by atoms with Crippen molar-refractivity contribution in [3.63, 3.8) is 0 Å². The summed E-state index contributed by atoms with van der Waals surface area (Å²) >= 11 is 0. The zero-order valence-corrected chi connectivity index (χ0v) is 5.33. The van der Waals surface area contributed by atoms with Crippen molar-refractivity contribution >= 4 is 0 Å². The number of terminal acetylenes is 2. The Labute approximate surface area is 60.1 Å². The molecule has 1 aromatic rings. The third-order valence-electron chi connectivity index (χ3n) is 1.07. The van der Waals surface area contributed by atoms with Crippen molar-refractivity contribution in [3.8, 4) is 24.7 Å². The summed E-state index contributed by atoms with van der Waals surface area (Å²) in [5.41, 5.74) is 1.35. The summed E-state index contributed by atoms with van der Waals surface area (Å²) < 4.78 is 0. The molecular weight excluding hydrogens is 122 g/mol. The highest BCUT2D eigenvalue weighted by molar-refractivity contribution is 5.36. The molecule has 1 heteroatoms. The first kappa shape index (κ1) is 6.39. The van der Waals surface area contributed by atoms with E-state index in [4.69, 9.17) is 12.8 Å². The van der Waals surface area contributed by atoms with E-state index in [2.05, 4.69) is 16.8 Å². The Hall–Kier alpha value is -1.73. The van der Waals surface area contributed by atoms with E-state index in [-0.39, 0.29) is 0 Å². The molecule has 0 bridgehead atoms. The van der Waals surface area contributed by atoms with Crippen LogP contribution in [-0.4, -0.2) is 4.98 Å². The fraction of sp³-hybridized carbons (Fsp3) is 0. The van der Waals surface area contributed by atoms with Gasteiger partial charge in [-0.15, -0.1) is 12.8 Å². The molecule has 0 aliphatic rings. The van der Waals surface area contributed by atoms with Gasteiger partial charge in [0.2, 0.25) is 0 Å². The molecule has 0 atom stereocenters. The van der Waals surface area contributed by atoms with Gasteiger partial charge in [0.1, 0.15) is 5.69 Å². The lowest BCUT2D eigenvalue weighted by Gasteiger charge is -1.89. The van der Waals surface area contributed by atoms with Crippen LogP contribution in [0.15, 0.2) is 18.3 Å². The zero-order chi connectivity index (χ0) is 7.40. The average molecular weight is 127 g/mol. The summed E-state index contributed by atoms with van der Waals surface area (Å²) in [5, 5.41) is 0. The summed E-state index contributed by atoms with van der Waals surface area (Å²) in [6, 6.07) is 3.43. The van der Waals surface area contributed by atoms with Gasteiger partial charge < -0.3 is 0 Å². The smallest absolute Gasteiger partial charge is 0.114 e. The van der Waals surface area contributed by atoms with E-state index in [1.54, 1.807) is 18.3 Å². The van der Waals surface area contributed by atoms with Gasteiger partial charge in [-0.05, 0) is 12.1 Å². The first-order valence-corrected chi connectivity index (χ1v) is 2.76. The Morgan fingerprint density at radius 1 is 1.30 bits per heavy atom. The molecule has 46 valence electrons. The van der Waals surface area contributed by atoms with Crippen molar-refractivity contribution in [2.24, 2.45) is 0 Å². The second-order valence-electron chi connectivity index (χ2n) is 1.72. The maximum atomic E-state index is 5.13. The van der Waals surface area contributed by atoms with Crippen molar-refractivity contribution in [2.45, 2.75) is 0 Å². The lowest BCUT2D eigenvalue weighted by molar-refractivity contribution is 1.28. The summed E-state index contributed by atoms with van der Waals surface area (Å²) in [6.45, 7) is 0. The van der Waals surface area contributed by atoms with Gasteiger partial charge in [-0.25, -0.2) is 4.98 Å². The Morgan fingerprint density at radius 3 is 2.70 bits per heavy atom. The molecule has 1 aromatic heterocycles. The molecular formula is C9H5N. The maximum absolute atomic E-state index is 5.13. The van der Waals surface area contributed by atoms with Crippen molar-refractivity contribution in [3.05, 3.63) is 29.6 Å². The molecule has 1 nitrogen and oxygen atoms in total. The molecule has 0 spiro atoms. The van der Waals surface area contributed by atoms with Gasteiger partial charge >= 0.3 is 0 Å². The highest BCUT2D eigenvalue weighted by Crippen LogP contribution is 1.97. The molecule has 0 aliphatic heterocycles. The van der Waals surface area contributed by atoms with Crippen LogP contribution in [0.3, 0.4) is 0 Å². The van der Waals surface area contributed by atoms with Crippen molar-refractivity contribution in [1.82, 2.24) is 4.98 Å². The molecule has 0 fully saturated rings. The molecule has 0 radical (unpaired) electrons. The van der Waals surface area contributed by atoms with Crippen molar-refractivity contribution in [1.29, 1.82) is 0 Å². The highest BCUT2D eigenvalue weighted by atomic mass is 14.6. The van der Waals surface area contributed by atoms with E-state index in [9.17, 15) is 0 Å². The molecule has 1 rings (SSSR count). The number of hydrogen-bond donors (Lipinski definition) is 0. The van der Waals surface area contributed by atoms with Crippen LogP contribution in [0.1, 0.15) is 11.3 Å².